The van der Waals surface area contributed by atoms with Gasteiger partial charge in [0.2, 0.25) is 5.91 Å². The summed E-state index contributed by atoms with van der Waals surface area (Å²) in [5.74, 6) is -0.280. The number of benzene rings is 2. The molecule has 138 valence electrons. The molecular formula is C21H27N3O2. The summed E-state index contributed by atoms with van der Waals surface area (Å²) in [5, 5.41) is 8.86. The third-order valence-corrected chi connectivity index (χ3v) is 4.06. The molecule has 2 aromatic carbocycles. The Bertz CT molecular complexity index is 772. The maximum atomic E-state index is 12.2. The largest absolute Gasteiger partial charge is 0.376 e. The smallest absolute Gasteiger partial charge is 0.251 e. The van der Waals surface area contributed by atoms with Gasteiger partial charge in [-0.15, -0.1) is 0 Å². The first-order chi connectivity index (χ1) is 12.5. The van der Waals surface area contributed by atoms with Crippen LogP contribution >= 0.6 is 0 Å². The number of hydrogen-bond donors (Lipinski definition) is 3. The van der Waals surface area contributed by atoms with E-state index in [1.807, 2.05) is 32.0 Å². The van der Waals surface area contributed by atoms with Crippen LogP contribution in [0.4, 0.5) is 11.4 Å². The van der Waals surface area contributed by atoms with Crippen molar-refractivity contribution in [1.29, 1.82) is 0 Å². The van der Waals surface area contributed by atoms with Crippen LogP contribution in [0.5, 0.6) is 0 Å². The lowest BCUT2D eigenvalue weighted by Gasteiger charge is -2.11. The van der Waals surface area contributed by atoms with E-state index in [1.165, 1.54) is 0 Å². The van der Waals surface area contributed by atoms with Crippen molar-refractivity contribution in [1.82, 2.24) is 5.32 Å². The van der Waals surface area contributed by atoms with Crippen molar-refractivity contribution in [3.63, 3.8) is 0 Å². The average molecular weight is 353 g/mol. The van der Waals surface area contributed by atoms with Gasteiger partial charge >= 0.3 is 0 Å². The van der Waals surface area contributed by atoms with Crippen molar-refractivity contribution in [3.8, 4) is 0 Å². The molecule has 0 atom stereocenters. The Hall–Kier alpha value is -2.82. The number of anilines is 2. The highest BCUT2D eigenvalue weighted by Gasteiger charge is 2.08. The molecule has 0 saturated carbocycles. The molecule has 0 unspecified atom stereocenters. The molecule has 0 aromatic heterocycles. The lowest BCUT2D eigenvalue weighted by atomic mass is 10.1. The first kappa shape index (κ1) is 19.5. The Balaban J connectivity index is 1.91. The standard InChI is InChI=1S/C21H27N3O2/c1-4-5-11-22-21(26)17-7-6-8-18(13-17)24-20(25)14-23-19-12-15(2)9-10-16(19)3/h6-10,12-13,23H,4-5,11,14H2,1-3H3,(H,22,26)(H,24,25). The molecule has 0 heterocycles. The van der Waals surface area contributed by atoms with E-state index >= 15 is 0 Å². The van der Waals surface area contributed by atoms with Crippen LogP contribution < -0.4 is 16.0 Å². The molecule has 0 aliphatic rings. The Morgan fingerprint density at radius 2 is 1.85 bits per heavy atom. The van der Waals surface area contributed by atoms with E-state index in [-0.39, 0.29) is 18.4 Å². The third kappa shape index (κ3) is 5.92. The second-order valence-electron chi connectivity index (χ2n) is 6.41. The maximum absolute atomic E-state index is 12.2. The molecule has 0 saturated heterocycles. The van der Waals surface area contributed by atoms with E-state index in [0.717, 1.165) is 29.7 Å². The lowest BCUT2D eigenvalue weighted by molar-refractivity contribution is -0.114. The molecule has 0 aliphatic carbocycles. The zero-order chi connectivity index (χ0) is 18.9. The lowest BCUT2D eigenvalue weighted by Crippen LogP contribution is -2.25. The fourth-order valence-electron chi connectivity index (χ4n) is 2.53. The van der Waals surface area contributed by atoms with Crippen LogP contribution in [0.2, 0.25) is 0 Å². The summed E-state index contributed by atoms with van der Waals surface area (Å²) in [4.78, 5) is 24.3. The fraction of sp³-hybridized carbons (Fsp3) is 0.333. The van der Waals surface area contributed by atoms with Gasteiger partial charge in [0.05, 0.1) is 6.54 Å². The molecular weight excluding hydrogens is 326 g/mol. The minimum Gasteiger partial charge on any atom is -0.376 e. The maximum Gasteiger partial charge on any atom is 0.251 e. The molecule has 2 amide bonds. The van der Waals surface area contributed by atoms with E-state index in [9.17, 15) is 9.59 Å². The summed E-state index contributed by atoms with van der Waals surface area (Å²) in [5.41, 5.74) is 4.33. The Labute approximate surface area is 155 Å². The highest BCUT2D eigenvalue weighted by atomic mass is 16.2. The third-order valence-electron chi connectivity index (χ3n) is 4.06. The first-order valence-corrected chi connectivity index (χ1v) is 8.99. The van der Waals surface area contributed by atoms with Gasteiger partial charge < -0.3 is 16.0 Å². The first-order valence-electron chi connectivity index (χ1n) is 8.99. The summed E-state index contributed by atoms with van der Waals surface area (Å²) >= 11 is 0. The molecule has 0 fully saturated rings. The summed E-state index contributed by atoms with van der Waals surface area (Å²) < 4.78 is 0. The fourth-order valence-corrected chi connectivity index (χ4v) is 2.53. The summed E-state index contributed by atoms with van der Waals surface area (Å²) in [6, 6.07) is 13.1. The highest BCUT2D eigenvalue weighted by molar-refractivity contribution is 5.98. The van der Waals surface area contributed by atoms with Crippen molar-refractivity contribution in [2.45, 2.75) is 33.6 Å². The van der Waals surface area contributed by atoms with Gasteiger partial charge in [0.15, 0.2) is 0 Å². The monoisotopic (exact) mass is 353 g/mol. The molecule has 2 rings (SSSR count). The van der Waals surface area contributed by atoms with Gasteiger partial charge in [-0.1, -0.05) is 31.5 Å². The molecule has 3 N–H and O–H groups in total. The predicted molar refractivity (Wildman–Crippen MR) is 107 cm³/mol. The highest BCUT2D eigenvalue weighted by Crippen LogP contribution is 2.16. The van der Waals surface area contributed by atoms with Gasteiger partial charge in [-0.05, 0) is 55.7 Å². The summed E-state index contributed by atoms with van der Waals surface area (Å²) in [7, 11) is 0. The number of carbonyl (C=O) groups excluding carboxylic acids is 2. The van der Waals surface area contributed by atoms with Gasteiger partial charge in [0.25, 0.3) is 5.91 Å². The van der Waals surface area contributed by atoms with Crippen LogP contribution in [0.15, 0.2) is 42.5 Å². The molecule has 0 bridgehead atoms. The van der Waals surface area contributed by atoms with Gasteiger partial charge in [-0.25, -0.2) is 0 Å². The zero-order valence-electron chi connectivity index (χ0n) is 15.7. The molecule has 5 heteroatoms. The molecule has 0 radical (unpaired) electrons. The average Bonchev–Trinajstić information content (AvgIpc) is 2.63. The van der Waals surface area contributed by atoms with Crippen LogP contribution in [-0.2, 0) is 4.79 Å². The number of unbranched alkanes of at least 4 members (excludes halogenated alkanes) is 1. The van der Waals surface area contributed by atoms with Crippen LogP contribution in [0.25, 0.3) is 0 Å². The predicted octanol–water partition coefficient (Wildman–Crippen LogP) is 3.88. The Morgan fingerprint density at radius 1 is 1.04 bits per heavy atom. The minimum atomic E-state index is -0.158. The normalized spacial score (nSPS) is 10.3. The van der Waals surface area contributed by atoms with Crippen LogP contribution in [0.1, 0.15) is 41.3 Å². The number of carbonyl (C=O) groups is 2. The molecule has 0 aliphatic heterocycles. The van der Waals surface area contributed by atoms with E-state index in [0.29, 0.717) is 17.8 Å². The van der Waals surface area contributed by atoms with E-state index < -0.39 is 0 Å². The van der Waals surface area contributed by atoms with Crippen molar-refractivity contribution < 1.29 is 9.59 Å². The number of nitrogens with one attached hydrogen (secondary N) is 3. The van der Waals surface area contributed by atoms with E-state index in [2.05, 4.69) is 22.9 Å². The number of rotatable bonds is 8. The molecule has 26 heavy (non-hydrogen) atoms. The zero-order valence-corrected chi connectivity index (χ0v) is 15.7. The molecule has 5 nitrogen and oxygen atoms in total. The van der Waals surface area contributed by atoms with Crippen molar-refractivity contribution >= 4 is 23.2 Å². The Kier molecular flexibility index (Phi) is 7.21. The van der Waals surface area contributed by atoms with Crippen molar-refractivity contribution in [2.75, 3.05) is 23.7 Å². The van der Waals surface area contributed by atoms with E-state index in [1.54, 1.807) is 24.3 Å². The molecule has 0 spiro atoms. The number of aryl methyl sites for hydroxylation is 2. The quantitative estimate of drug-likeness (QED) is 0.631. The van der Waals surface area contributed by atoms with Gasteiger partial charge in [0.1, 0.15) is 0 Å². The molecule has 2 aromatic rings. The van der Waals surface area contributed by atoms with Gasteiger partial charge in [-0.2, -0.15) is 0 Å². The topological polar surface area (TPSA) is 70.2 Å². The Morgan fingerprint density at radius 3 is 2.62 bits per heavy atom. The summed E-state index contributed by atoms with van der Waals surface area (Å²) in [6.07, 6.45) is 1.98. The minimum absolute atomic E-state index is 0.122. The van der Waals surface area contributed by atoms with Crippen molar-refractivity contribution in [2.24, 2.45) is 0 Å². The second kappa shape index (κ2) is 9.61. The number of hydrogen-bond acceptors (Lipinski definition) is 3. The van der Waals surface area contributed by atoms with Crippen molar-refractivity contribution in [3.05, 3.63) is 59.2 Å². The van der Waals surface area contributed by atoms with Crippen LogP contribution in [0, 0.1) is 13.8 Å². The number of amides is 2. The second-order valence-corrected chi connectivity index (χ2v) is 6.41. The summed E-state index contributed by atoms with van der Waals surface area (Å²) in [6.45, 7) is 6.92. The van der Waals surface area contributed by atoms with Crippen LogP contribution in [0.3, 0.4) is 0 Å². The SMILES string of the molecule is CCCCNC(=O)c1cccc(NC(=O)CNc2cc(C)ccc2C)c1. The van der Waals surface area contributed by atoms with Gasteiger partial charge in [0, 0.05) is 23.5 Å². The van der Waals surface area contributed by atoms with E-state index in [4.69, 9.17) is 0 Å². The van der Waals surface area contributed by atoms with Crippen LogP contribution in [-0.4, -0.2) is 24.9 Å². The van der Waals surface area contributed by atoms with Gasteiger partial charge in [-0.3, -0.25) is 9.59 Å².